The first kappa shape index (κ1) is 12.3. The molecule has 2 aromatic rings. The van der Waals surface area contributed by atoms with E-state index in [1.54, 1.807) is 0 Å². The topological polar surface area (TPSA) is 34.2 Å². The summed E-state index contributed by atoms with van der Waals surface area (Å²) in [5, 5.41) is 6.06. The number of hydrogen-bond acceptors (Lipinski definition) is 3. The Bertz CT molecular complexity index is 622. The van der Waals surface area contributed by atoms with E-state index in [1.807, 2.05) is 12.4 Å². The molecule has 0 aliphatic carbocycles. The first-order chi connectivity index (χ1) is 9.86. The summed E-state index contributed by atoms with van der Waals surface area (Å²) >= 11 is 0. The molecule has 20 heavy (non-hydrogen) atoms. The van der Waals surface area contributed by atoms with Gasteiger partial charge in [0.2, 0.25) is 0 Å². The molecular formula is C17H20N2O. The minimum atomic E-state index is 0.372. The van der Waals surface area contributed by atoms with E-state index in [2.05, 4.69) is 41.6 Å². The van der Waals surface area contributed by atoms with Gasteiger partial charge in [0.05, 0.1) is 12.2 Å². The summed E-state index contributed by atoms with van der Waals surface area (Å²) < 4.78 is 6.05. The zero-order valence-corrected chi connectivity index (χ0v) is 11.8. The molecule has 0 radical (unpaired) electrons. The van der Waals surface area contributed by atoms with Gasteiger partial charge in [-0.2, -0.15) is 0 Å². The van der Waals surface area contributed by atoms with E-state index in [-0.39, 0.29) is 0 Å². The molecule has 104 valence electrons. The van der Waals surface area contributed by atoms with Gasteiger partial charge in [-0.05, 0) is 43.3 Å². The number of nitrogens with one attached hydrogen (secondary N) is 1. The van der Waals surface area contributed by atoms with Gasteiger partial charge in [-0.1, -0.05) is 18.2 Å². The molecule has 1 aromatic carbocycles. The van der Waals surface area contributed by atoms with Gasteiger partial charge in [0.25, 0.3) is 0 Å². The maximum absolute atomic E-state index is 6.05. The van der Waals surface area contributed by atoms with Crippen molar-refractivity contribution in [3.8, 4) is 0 Å². The lowest BCUT2D eigenvalue weighted by Gasteiger charge is -2.29. The summed E-state index contributed by atoms with van der Waals surface area (Å²) in [7, 11) is 2.07. The van der Waals surface area contributed by atoms with Crippen LogP contribution in [0.5, 0.6) is 0 Å². The average molecular weight is 268 g/mol. The first-order valence-electron chi connectivity index (χ1n) is 7.52. The molecule has 3 heterocycles. The average Bonchev–Trinajstić information content (AvgIpc) is 3.11. The van der Waals surface area contributed by atoms with E-state index in [0.29, 0.717) is 24.2 Å². The zero-order chi connectivity index (χ0) is 13.5. The normalized spacial score (nSPS) is 29.9. The van der Waals surface area contributed by atoms with Crippen LogP contribution in [0.4, 0.5) is 0 Å². The number of nitrogens with zero attached hydrogens (tertiary/aromatic N) is 1. The largest absolute Gasteiger partial charge is 0.375 e. The van der Waals surface area contributed by atoms with Gasteiger partial charge in [-0.15, -0.1) is 0 Å². The Balaban J connectivity index is 1.76. The predicted octanol–water partition coefficient (Wildman–Crippen LogP) is 3.06. The van der Waals surface area contributed by atoms with Crippen molar-refractivity contribution in [3.05, 3.63) is 42.2 Å². The molecule has 2 aliphatic rings. The minimum absolute atomic E-state index is 0.372. The number of rotatable bonds is 3. The molecule has 3 nitrogen and oxygen atoms in total. The molecule has 2 aliphatic heterocycles. The number of ether oxygens (including phenoxy) is 1. The van der Waals surface area contributed by atoms with E-state index in [4.69, 9.17) is 4.74 Å². The van der Waals surface area contributed by atoms with Gasteiger partial charge in [-0.3, -0.25) is 4.98 Å². The van der Waals surface area contributed by atoms with E-state index in [9.17, 15) is 0 Å². The van der Waals surface area contributed by atoms with Crippen LogP contribution in [-0.4, -0.2) is 24.2 Å². The highest BCUT2D eigenvalue weighted by molar-refractivity contribution is 5.85. The molecule has 4 unspecified atom stereocenters. The van der Waals surface area contributed by atoms with Gasteiger partial charge in [0.15, 0.2) is 0 Å². The van der Waals surface area contributed by atoms with Crippen LogP contribution in [0.25, 0.3) is 10.8 Å². The maximum atomic E-state index is 6.05. The molecule has 0 spiro atoms. The third kappa shape index (κ3) is 1.85. The van der Waals surface area contributed by atoms with E-state index in [1.165, 1.54) is 35.6 Å². The fourth-order valence-corrected chi connectivity index (χ4v) is 4.05. The van der Waals surface area contributed by atoms with Crippen LogP contribution in [0.2, 0.25) is 0 Å². The van der Waals surface area contributed by atoms with Gasteiger partial charge >= 0.3 is 0 Å². The maximum Gasteiger partial charge on any atom is 0.0627 e. The fourth-order valence-electron chi connectivity index (χ4n) is 4.05. The van der Waals surface area contributed by atoms with Crippen LogP contribution in [0, 0.1) is 5.92 Å². The molecule has 1 aromatic heterocycles. The Labute approximate surface area is 119 Å². The molecular weight excluding hydrogens is 248 g/mol. The summed E-state index contributed by atoms with van der Waals surface area (Å²) in [5.41, 5.74) is 1.38. The highest BCUT2D eigenvalue weighted by atomic mass is 16.5. The van der Waals surface area contributed by atoms with Crippen molar-refractivity contribution in [2.45, 2.75) is 37.5 Å². The van der Waals surface area contributed by atoms with Crippen molar-refractivity contribution in [2.24, 2.45) is 5.92 Å². The first-order valence-corrected chi connectivity index (χ1v) is 7.52. The lowest BCUT2D eigenvalue weighted by Crippen LogP contribution is -2.31. The van der Waals surface area contributed by atoms with E-state index < -0.39 is 0 Å². The van der Waals surface area contributed by atoms with Gasteiger partial charge in [0.1, 0.15) is 0 Å². The summed E-state index contributed by atoms with van der Waals surface area (Å²) in [6, 6.07) is 9.02. The Hall–Kier alpha value is -1.45. The monoisotopic (exact) mass is 268 g/mol. The summed E-state index contributed by atoms with van der Waals surface area (Å²) in [5.74, 6) is 0.595. The zero-order valence-electron chi connectivity index (χ0n) is 11.8. The number of pyridine rings is 1. The molecule has 4 rings (SSSR count). The quantitative estimate of drug-likeness (QED) is 0.929. The van der Waals surface area contributed by atoms with Crippen LogP contribution in [0.15, 0.2) is 36.7 Å². The lowest BCUT2D eigenvalue weighted by molar-refractivity contribution is 0.0864. The van der Waals surface area contributed by atoms with Crippen LogP contribution < -0.4 is 5.32 Å². The van der Waals surface area contributed by atoms with Gasteiger partial charge in [-0.25, -0.2) is 0 Å². The number of benzene rings is 1. The Morgan fingerprint density at radius 3 is 3.00 bits per heavy atom. The standard InChI is InChI=1S/C17H20N2O/c1-18-17(15-9-12-5-6-16(15)20-12)14-4-2-3-11-10-19-8-7-13(11)14/h2-4,7-8,10,12,15-18H,5-6,9H2,1H3. The molecule has 2 fully saturated rings. The molecule has 0 saturated carbocycles. The van der Waals surface area contributed by atoms with E-state index in [0.717, 1.165) is 0 Å². The molecule has 1 N–H and O–H groups in total. The highest BCUT2D eigenvalue weighted by Gasteiger charge is 2.44. The van der Waals surface area contributed by atoms with Crippen molar-refractivity contribution in [1.29, 1.82) is 0 Å². The minimum Gasteiger partial charge on any atom is -0.375 e. The van der Waals surface area contributed by atoms with Crippen molar-refractivity contribution in [2.75, 3.05) is 7.05 Å². The van der Waals surface area contributed by atoms with Crippen molar-refractivity contribution in [1.82, 2.24) is 10.3 Å². The van der Waals surface area contributed by atoms with Gasteiger partial charge in [0, 0.05) is 29.7 Å². The summed E-state index contributed by atoms with van der Waals surface area (Å²) in [6.07, 6.45) is 8.43. The Morgan fingerprint density at radius 2 is 2.25 bits per heavy atom. The molecule has 4 atom stereocenters. The fraction of sp³-hybridized carbons (Fsp3) is 0.471. The van der Waals surface area contributed by atoms with E-state index >= 15 is 0 Å². The van der Waals surface area contributed by atoms with Crippen LogP contribution >= 0.6 is 0 Å². The second kappa shape index (κ2) is 4.83. The van der Waals surface area contributed by atoms with Crippen LogP contribution in [-0.2, 0) is 4.74 Å². The van der Waals surface area contributed by atoms with Crippen LogP contribution in [0.3, 0.4) is 0 Å². The number of aromatic nitrogens is 1. The summed E-state index contributed by atoms with van der Waals surface area (Å²) in [4.78, 5) is 4.23. The van der Waals surface area contributed by atoms with Crippen molar-refractivity contribution >= 4 is 10.8 Å². The Kier molecular flexibility index (Phi) is 2.97. The second-order valence-electron chi connectivity index (χ2n) is 5.98. The lowest BCUT2D eigenvalue weighted by atomic mass is 9.80. The Morgan fingerprint density at radius 1 is 1.30 bits per heavy atom. The van der Waals surface area contributed by atoms with Crippen molar-refractivity contribution in [3.63, 3.8) is 0 Å². The predicted molar refractivity (Wildman–Crippen MR) is 79.5 cm³/mol. The van der Waals surface area contributed by atoms with Gasteiger partial charge < -0.3 is 10.1 Å². The third-order valence-corrected chi connectivity index (χ3v) is 4.94. The summed E-state index contributed by atoms with van der Waals surface area (Å²) in [6.45, 7) is 0. The smallest absolute Gasteiger partial charge is 0.0627 e. The van der Waals surface area contributed by atoms with Crippen LogP contribution in [0.1, 0.15) is 30.9 Å². The molecule has 2 saturated heterocycles. The third-order valence-electron chi connectivity index (χ3n) is 4.94. The number of fused-ring (bicyclic) bond motifs is 3. The number of hydrogen-bond donors (Lipinski definition) is 1. The van der Waals surface area contributed by atoms with Crippen molar-refractivity contribution < 1.29 is 4.74 Å². The second-order valence-corrected chi connectivity index (χ2v) is 5.98. The molecule has 3 heteroatoms. The molecule has 0 amide bonds. The molecule has 2 bridgehead atoms. The SMILES string of the molecule is CNC(c1cccc2cnccc12)C1CC2CCC1O2. The highest BCUT2D eigenvalue weighted by Crippen LogP contribution is 2.45.